The van der Waals surface area contributed by atoms with Gasteiger partial charge in [-0.1, -0.05) is 6.07 Å². The van der Waals surface area contributed by atoms with Crippen molar-refractivity contribution in [1.82, 2.24) is 0 Å². The molecule has 0 heterocycles. The van der Waals surface area contributed by atoms with Crippen molar-refractivity contribution < 1.29 is 14.2 Å². The fourth-order valence-electron chi connectivity index (χ4n) is 1.36. The van der Waals surface area contributed by atoms with E-state index in [9.17, 15) is 9.50 Å². The average molecular weight is 182 g/mol. The van der Waals surface area contributed by atoms with Crippen molar-refractivity contribution >= 4 is 0 Å². The molecule has 0 radical (unpaired) electrons. The number of halogens is 1. The summed E-state index contributed by atoms with van der Waals surface area (Å²) < 4.78 is 17.8. The first-order valence-electron chi connectivity index (χ1n) is 4.22. The van der Waals surface area contributed by atoms with Gasteiger partial charge in [0.05, 0.1) is 12.7 Å². The van der Waals surface area contributed by atoms with E-state index < -0.39 is 11.4 Å². The number of hydrogen-bond acceptors (Lipinski definition) is 2. The molecular formula is C10H11FO2. The van der Waals surface area contributed by atoms with E-state index >= 15 is 0 Å². The molecular weight excluding hydrogens is 171 g/mol. The van der Waals surface area contributed by atoms with Crippen LogP contribution in [0.4, 0.5) is 4.39 Å². The Kier molecular flexibility index (Phi) is 1.77. The maximum atomic E-state index is 13.0. The van der Waals surface area contributed by atoms with Crippen LogP contribution < -0.4 is 4.74 Å². The Morgan fingerprint density at radius 2 is 2.15 bits per heavy atom. The topological polar surface area (TPSA) is 29.5 Å². The van der Waals surface area contributed by atoms with Crippen LogP contribution in [0, 0.1) is 5.82 Å². The number of methoxy groups -OCH3 is 1. The monoisotopic (exact) mass is 182 g/mol. The van der Waals surface area contributed by atoms with E-state index in [1.54, 1.807) is 12.1 Å². The Bertz CT molecular complexity index is 332. The highest BCUT2D eigenvalue weighted by atomic mass is 19.1. The van der Waals surface area contributed by atoms with Gasteiger partial charge in [0.1, 0.15) is 0 Å². The number of hydrogen-bond donors (Lipinski definition) is 1. The summed E-state index contributed by atoms with van der Waals surface area (Å²) in [4.78, 5) is 0. The number of ether oxygens (including phenoxy) is 1. The molecule has 2 rings (SSSR count). The molecule has 1 N–H and O–H groups in total. The highest BCUT2D eigenvalue weighted by Gasteiger charge is 2.42. The number of aliphatic hydroxyl groups is 1. The van der Waals surface area contributed by atoms with Gasteiger partial charge in [-0.2, -0.15) is 0 Å². The molecule has 0 aromatic heterocycles. The normalized spacial score (nSPS) is 18.4. The van der Waals surface area contributed by atoms with Crippen molar-refractivity contribution in [3.63, 3.8) is 0 Å². The zero-order chi connectivity index (χ0) is 9.47. The molecule has 0 atom stereocenters. The summed E-state index contributed by atoms with van der Waals surface area (Å²) in [5.74, 6) is -0.201. The Morgan fingerprint density at radius 1 is 1.46 bits per heavy atom. The largest absolute Gasteiger partial charge is 0.494 e. The molecule has 0 bridgehead atoms. The molecule has 0 spiro atoms. The second-order valence-electron chi connectivity index (χ2n) is 3.38. The van der Waals surface area contributed by atoms with E-state index in [0.29, 0.717) is 0 Å². The summed E-state index contributed by atoms with van der Waals surface area (Å²) in [5, 5.41) is 9.73. The van der Waals surface area contributed by atoms with Gasteiger partial charge in [0.15, 0.2) is 11.6 Å². The molecule has 0 unspecified atom stereocenters. The summed E-state index contributed by atoms with van der Waals surface area (Å²) in [6, 6.07) is 4.48. The molecule has 1 fully saturated rings. The molecule has 0 saturated heterocycles. The highest BCUT2D eigenvalue weighted by Crippen LogP contribution is 2.46. The van der Waals surface area contributed by atoms with Gasteiger partial charge in [-0.25, -0.2) is 4.39 Å². The van der Waals surface area contributed by atoms with Crippen molar-refractivity contribution in [2.24, 2.45) is 0 Å². The highest BCUT2D eigenvalue weighted by molar-refractivity contribution is 5.36. The van der Waals surface area contributed by atoms with Crippen molar-refractivity contribution in [2.45, 2.75) is 18.4 Å². The zero-order valence-corrected chi connectivity index (χ0v) is 7.38. The van der Waals surface area contributed by atoms with Crippen molar-refractivity contribution in [2.75, 3.05) is 7.11 Å². The Hall–Kier alpha value is -1.09. The summed E-state index contributed by atoms with van der Waals surface area (Å²) >= 11 is 0. The minimum atomic E-state index is -0.721. The third-order valence-electron chi connectivity index (χ3n) is 2.41. The number of benzene rings is 1. The molecule has 0 aliphatic heterocycles. The van der Waals surface area contributed by atoms with Gasteiger partial charge in [-0.15, -0.1) is 0 Å². The van der Waals surface area contributed by atoms with E-state index in [2.05, 4.69) is 0 Å². The van der Waals surface area contributed by atoms with Gasteiger partial charge < -0.3 is 9.84 Å². The van der Waals surface area contributed by atoms with Gasteiger partial charge in [-0.3, -0.25) is 0 Å². The standard InChI is InChI=1S/C10H11FO2/c1-13-9-6-7(2-3-8(9)11)10(12)4-5-10/h2-3,6,12H,4-5H2,1H3. The second kappa shape index (κ2) is 2.70. The first-order valence-corrected chi connectivity index (χ1v) is 4.22. The summed E-state index contributed by atoms with van der Waals surface area (Å²) in [6.45, 7) is 0. The van der Waals surface area contributed by atoms with Crippen LogP contribution in [0.15, 0.2) is 18.2 Å². The fourth-order valence-corrected chi connectivity index (χ4v) is 1.36. The lowest BCUT2D eigenvalue weighted by atomic mass is 10.1. The summed E-state index contributed by atoms with van der Waals surface area (Å²) in [5.41, 5.74) is 0.0202. The SMILES string of the molecule is COc1cc(C2(O)CC2)ccc1F. The van der Waals surface area contributed by atoms with E-state index in [1.165, 1.54) is 13.2 Å². The van der Waals surface area contributed by atoms with Crippen LogP contribution in [0.5, 0.6) is 5.75 Å². The van der Waals surface area contributed by atoms with Gasteiger partial charge in [0.25, 0.3) is 0 Å². The predicted molar refractivity (Wildman–Crippen MR) is 46.1 cm³/mol. The molecule has 70 valence electrons. The van der Waals surface area contributed by atoms with Gasteiger partial charge in [0.2, 0.25) is 0 Å². The van der Waals surface area contributed by atoms with E-state index in [1.807, 2.05) is 0 Å². The van der Waals surface area contributed by atoms with Gasteiger partial charge >= 0.3 is 0 Å². The van der Waals surface area contributed by atoms with Crippen LogP contribution in [0.2, 0.25) is 0 Å². The second-order valence-corrected chi connectivity index (χ2v) is 3.38. The minimum absolute atomic E-state index is 0.192. The van der Waals surface area contributed by atoms with Gasteiger partial charge in [0, 0.05) is 0 Å². The minimum Gasteiger partial charge on any atom is -0.494 e. The Balaban J connectivity index is 2.39. The average Bonchev–Trinajstić information content (AvgIpc) is 2.86. The van der Waals surface area contributed by atoms with E-state index in [0.717, 1.165) is 18.4 Å². The lowest BCUT2D eigenvalue weighted by Crippen LogP contribution is -2.04. The van der Waals surface area contributed by atoms with E-state index in [-0.39, 0.29) is 5.75 Å². The van der Waals surface area contributed by atoms with Crippen LogP contribution >= 0.6 is 0 Å². The van der Waals surface area contributed by atoms with Crippen LogP contribution in [0.3, 0.4) is 0 Å². The maximum Gasteiger partial charge on any atom is 0.165 e. The third-order valence-corrected chi connectivity index (χ3v) is 2.41. The van der Waals surface area contributed by atoms with E-state index in [4.69, 9.17) is 4.74 Å². The third kappa shape index (κ3) is 1.40. The first-order chi connectivity index (χ1) is 6.15. The smallest absolute Gasteiger partial charge is 0.165 e. The van der Waals surface area contributed by atoms with Crippen molar-refractivity contribution in [3.8, 4) is 5.75 Å². The zero-order valence-electron chi connectivity index (χ0n) is 7.38. The summed E-state index contributed by atoms with van der Waals surface area (Å²) in [6.07, 6.45) is 1.50. The first kappa shape index (κ1) is 8.51. The summed E-state index contributed by atoms with van der Waals surface area (Å²) in [7, 11) is 1.42. The molecule has 13 heavy (non-hydrogen) atoms. The molecule has 3 heteroatoms. The molecule has 1 aliphatic rings. The Morgan fingerprint density at radius 3 is 2.69 bits per heavy atom. The van der Waals surface area contributed by atoms with Crippen LogP contribution in [-0.2, 0) is 5.60 Å². The molecule has 1 aromatic rings. The molecule has 1 aliphatic carbocycles. The van der Waals surface area contributed by atoms with Crippen LogP contribution in [0.25, 0.3) is 0 Å². The fraction of sp³-hybridized carbons (Fsp3) is 0.400. The lowest BCUT2D eigenvalue weighted by molar-refractivity contribution is 0.151. The maximum absolute atomic E-state index is 13.0. The van der Waals surface area contributed by atoms with Crippen LogP contribution in [-0.4, -0.2) is 12.2 Å². The molecule has 1 saturated carbocycles. The van der Waals surface area contributed by atoms with Gasteiger partial charge in [-0.05, 0) is 30.5 Å². The number of rotatable bonds is 2. The Labute approximate surface area is 76.0 Å². The van der Waals surface area contributed by atoms with Crippen molar-refractivity contribution in [1.29, 1.82) is 0 Å². The quantitative estimate of drug-likeness (QED) is 0.755. The molecule has 0 amide bonds. The molecule has 1 aromatic carbocycles. The lowest BCUT2D eigenvalue weighted by Gasteiger charge is -2.09. The molecule has 2 nitrogen and oxygen atoms in total. The van der Waals surface area contributed by atoms with Crippen molar-refractivity contribution in [3.05, 3.63) is 29.6 Å². The van der Waals surface area contributed by atoms with Crippen LogP contribution in [0.1, 0.15) is 18.4 Å². The predicted octanol–water partition coefficient (Wildman–Crippen LogP) is 1.82.